The zero-order valence-corrected chi connectivity index (χ0v) is 15.0. The summed E-state index contributed by atoms with van der Waals surface area (Å²) in [6, 6.07) is 13.1. The fourth-order valence-electron chi connectivity index (χ4n) is 2.43. The Bertz CT molecular complexity index is 945. The average molecular weight is 393 g/mol. The van der Waals surface area contributed by atoms with Crippen molar-refractivity contribution in [3.8, 4) is 11.4 Å². The van der Waals surface area contributed by atoms with Crippen LogP contribution in [0.5, 0.6) is 5.75 Å². The number of alkyl halides is 2. The molecule has 0 radical (unpaired) electrons. The molecule has 0 bridgehead atoms. The molecule has 140 valence electrons. The van der Waals surface area contributed by atoms with Crippen LogP contribution in [0, 0.1) is 6.92 Å². The van der Waals surface area contributed by atoms with E-state index >= 15 is 0 Å². The first-order valence-corrected chi connectivity index (χ1v) is 8.32. The molecule has 27 heavy (non-hydrogen) atoms. The van der Waals surface area contributed by atoms with Gasteiger partial charge in [0, 0.05) is 17.1 Å². The first-order chi connectivity index (χ1) is 12.9. The Morgan fingerprint density at radius 2 is 1.93 bits per heavy atom. The van der Waals surface area contributed by atoms with Gasteiger partial charge >= 0.3 is 6.61 Å². The van der Waals surface area contributed by atoms with Crippen molar-refractivity contribution in [1.82, 2.24) is 20.1 Å². The van der Waals surface area contributed by atoms with Crippen LogP contribution in [0.25, 0.3) is 5.69 Å². The molecule has 9 heteroatoms. The van der Waals surface area contributed by atoms with Crippen LogP contribution in [0.15, 0.2) is 48.5 Å². The Morgan fingerprint density at radius 1 is 1.22 bits per heavy atom. The van der Waals surface area contributed by atoms with Crippen molar-refractivity contribution in [3.63, 3.8) is 0 Å². The van der Waals surface area contributed by atoms with Crippen molar-refractivity contribution in [1.29, 1.82) is 0 Å². The Balaban J connectivity index is 1.73. The van der Waals surface area contributed by atoms with Crippen LogP contribution in [-0.4, -0.2) is 27.3 Å². The molecular formula is C18H15ClF2N4O2. The number of benzene rings is 2. The molecular weight excluding hydrogens is 378 g/mol. The molecule has 0 saturated carbocycles. The number of nitrogens with one attached hydrogen (secondary N) is 1. The predicted octanol–water partition coefficient (Wildman–Crippen LogP) is 3.76. The Hall–Kier alpha value is -3.00. The number of ether oxygens (including phenoxy) is 1. The van der Waals surface area contributed by atoms with Gasteiger partial charge in [0.15, 0.2) is 0 Å². The van der Waals surface area contributed by atoms with Gasteiger partial charge < -0.3 is 10.1 Å². The van der Waals surface area contributed by atoms with E-state index < -0.39 is 12.5 Å². The van der Waals surface area contributed by atoms with Gasteiger partial charge in [-0.15, -0.1) is 5.10 Å². The van der Waals surface area contributed by atoms with Crippen molar-refractivity contribution < 1.29 is 18.3 Å². The standard InChI is InChI=1S/C18H15ClF2N4O2/c1-11-23-16(24-25(11)14-8-6-13(19)7-9-14)17(26)22-10-12-4-2-3-5-15(12)27-18(20)21/h2-9,18H,10H2,1H3,(H,22,26). The van der Waals surface area contributed by atoms with Gasteiger partial charge in [-0.25, -0.2) is 9.67 Å². The number of hydrogen-bond acceptors (Lipinski definition) is 4. The largest absolute Gasteiger partial charge is 0.434 e. The minimum Gasteiger partial charge on any atom is -0.434 e. The van der Waals surface area contributed by atoms with Gasteiger partial charge in [0.05, 0.1) is 5.69 Å². The van der Waals surface area contributed by atoms with E-state index in [1.165, 1.54) is 10.7 Å². The van der Waals surface area contributed by atoms with Crippen molar-refractivity contribution in [2.45, 2.75) is 20.1 Å². The summed E-state index contributed by atoms with van der Waals surface area (Å²) in [5, 5.41) is 7.38. The lowest BCUT2D eigenvalue weighted by atomic mass is 10.2. The highest BCUT2D eigenvalue weighted by Crippen LogP contribution is 2.20. The topological polar surface area (TPSA) is 69.0 Å². The number of halogens is 3. The van der Waals surface area contributed by atoms with Gasteiger partial charge in [0.2, 0.25) is 5.82 Å². The van der Waals surface area contributed by atoms with Crippen molar-refractivity contribution in [2.24, 2.45) is 0 Å². The van der Waals surface area contributed by atoms with Gasteiger partial charge in [0.25, 0.3) is 5.91 Å². The second kappa shape index (κ2) is 8.13. The maximum absolute atomic E-state index is 12.5. The van der Waals surface area contributed by atoms with Crippen LogP contribution in [0.2, 0.25) is 5.02 Å². The third-order valence-corrected chi connectivity index (χ3v) is 3.92. The van der Waals surface area contributed by atoms with E-state index in [0.29, 0.717) is 22.1 Å². The lowest BCUT2D eigenvalue weighted by Crippen LogP contribution is -2.24. The minimum absolute atomic E-state index is 0.00336. The van der Waals surface area contributed by atoms with Crippen LogP contribution < -0.4 is 10.1 Å². The molecule has 2 aromatic carbocycles. The third kappa shape index (κ3) is 4.59. The minimum atomic E-state index is -2.94. The number of hydrogen-bond donors (Lipinski definition) is 1. The fourth-order valence-corrected chi connectivity index (χ4v) is 2.55. The molecule has 1 N–H and O–H groups in total. The highest BCUT2D eigenvalue weighted by atomic mass is 35.5. The summed E-state index contributed by atoms with van der Waals surface area (Å²) in [4.78, 5) is 16.5. The van der Waals surface area contributed by atoms with E-state index in [4.69, 9.17) is 11.6 Å². The maximum Gasteiger partial charge on any atom is 0.387 e. The molecule has 1 amide bonds. The molecule has 1 aromatic heterocycles. The second-order valence-electron chi connectivity index (χ2n) is 5.54. The van der Waals surface area contributed by atoms with Gasteiger partial charge in [-0.1, -0.05) is 29.8 Å². The molecule has 0 aliphatic rings. The summed E-state index contributed by atoms with van der Waals surface area (Å²) in [5.41, 5.74) is 1.12. The molecule has 6 nitrogen and oxygen atoms in total. The van der Waals surface area contributed by atoms with E-state index in [-0.39, 0.29) is 18.1 Å². The summed E-state index contributed by atoms with van der Waals surface area (Å²) >= 11 is 5.87. The number of aryl methyl sites for hydroxylation is 1. The lowest BCUT2D eigenvalue weighted by molar-refractivity contribution is -0.0504. The molecule has 0 spiro atoms. The second-order valence-corrected chi connectivity index (χ2v) is 5.98. The number of carbonyl (C=O) groups excluding carboxylic acids is 1. The van der Waals surface area contributed by atoms with E-state index in [9.17, 15) is 13.6 Å². The summed E-state index contributed by atoms with van der Waals surface area (Å²) in [6.45, 7) is -1.23. The lowest BCUT2D eigenvalue weighted by Gasteiger charge is -2.10. The Kier molecular flexibility index (Phi) is 5.66. The summed E-state index contributed by atoms with van der Waals surface area (Å²) in [5.74, 6) is -0.0417. The fraction of sp³-hybridized carbons (Fsp3) is 0.167. The number of rotatable bonds is 6. The van der Waals surface area contributed by atoms with Crippen LogP contribution >= 0.6 is 11.6 Å². The van der Waals surface area contributed by atoms with E-state index in [2.05, 4.69) is 20.1 Å². The Morgan fingerprint density at radius 3 is 2.63 bits per heavy atom. The van der Waals surface area contributed by atoms with Gasteiger partial charge in [0.1, 0.15) is 11.6 Å². The number of amides is 1. The SMILES string of the molecule is Cc1nc(C(=O)NCc2ccccc2OC(F)F)nn1-c1ccc(Cl)cc1. The van der Waals surface area contributed by atoms with Gasteiger partial charge in [-0.2, -0.15) is 8.78 Å². The predicted molar refractivity (Wildman–Crippen MR) is 95.4 cm³/mol. The molecule has 0 saturated heterocycles. The smallest absolute Gasteiger partial charge is 0.387 e. The molecule has 0 aliphatic carbocycles. The van der Waals surface area contributed by atoms with Crippen molar-refractivity contribution >= 4 is 17.5 Å². The highest BCUT2D eigenvalue weighted by Gasteiger charge is 2.16. The number of aromatic nitrogens is 3. The quantitative estimate of drug-likeness (QED) is 0.693. The summed E-state index contributed by atoms with van der Waals surface area (Å²) < 4.78 is 30.9. The average Bonchev–Trinajstić information content (AvgIpc) is 3.03. The number of carbonyl (C=O) groups is 1. The third-order valence-electron chi connectivity index (χ3n) is 3.67. The normalized spacial score (nSPS) is 10.9. The van der Waals surface area contributed by atoms with E-state index in [1.807, 2.05) is 0 Å². The van der Waals surface area contributed by atoms with Gasteiger partial charge in [-0.05, 0) is 37.3 Å². The molecule has 1 heterocycles. The van der Waals surface area contributed by atoms with Crippen LogP contribution in [0.4, 0.5) is 8.78 Å². The monoisotopic (exact) mass is 392 g/mol. The highest BCUT2D eigenvalue weighted by molar-refractivity contribution is 6.30. The molecule has 3 aromatic rings. The maximum atomic E-state index is 12.5. The first-order valence-electron chi connectivity index (χ1n) is 7.94. The molecule has 0 unspecified atom stereocenters. The first kappa shape index (κ1) is 18.8. The van der Waals surface area contributed by atoms with Gasteiger partial charge in [-0.3, -0.25) is 4.79 Å². The van der Waals surface area contributed by atoms with E-state index in [0.717, 1.165) is 0 Å². The zero-order valence-electron chi connectivity index (χ0n) is 14.2. The van der Waals surface area contributed by atoms with Crippen LogP contribution in [0.3, 0.4) is 0 Å². The van der Waals surface area contributed by atoms with Crippen molar-refractivity contribution in [2.75, 3.05) is 0 Å². The molecule has 0 aliphatic heterocycles. The summed E-state index contributed by atoms with van der Waals surface area (Å²) in [6.07, 6.45) is 0. The number of nitrogens with zero attached hydrogens (tertiary/aromatic N) is 3. The zero-order chi connectivity index (χ0) is 19.4. The van der Waals surface area contributed by atoms with Crippen LogP contribution in [-0.2, 0) is 6.54 Å². The van der Waals surface area contributed by atoms with Crippen molar-refractivity contribution in [3.05, 3.63) is 70.8 Å². The Labute approximate surface area is 158 Å². The summed E-state index contributed by atoms with van der Waals surface area (Å²) in [7, 11) is 0. The number of para-hydroxylation sites is 1. The van der Waals surface area contributed by atoms with E-state index in [1.54, 1.807) is 49.4 Å². The molecule has 3 rings (SSSR count). The molecule has 0 atom stereocenters. The van der Waals surface area contributed by atoms with Crippen LogP contribution in [0.1, 0.15) is 22.0 Å². The molecule has 0 fully saturated rings.